The Morgan fingerprint density at radius 2 is 1.78 bits per heavy atom. The van der Waals surface area contributed by atoms with Gasteiger partial charge in [-0.1, -0.05) is 30.3 Å². The molecule has 1 aromatic carbocycles. The van der Waals surface area contributed by atoms with E-state index in [0.29, 0.717) is 0 Å². The summed E-state index contributed by atoms with van der Waals surface area (Å²) in [6.07, 6.45) is 1.81. The number of rotatable bonds is 4. The molecule has 1 heterocycles. The van der Waals surface area contributed by atoms with Crippen molar-refractivity contribution in [3.63, 3.8) is 0 Å². The lowest BCUT2D eigenvalue weighted by Crippen LogP contribution is -2.15. The third kappa shape index (κ3) is 2.80. The summed E-state index contributed by atoms with van der Waals surface area (Å²) in [5, 5.41) is 3.50. The summed E-state index contributed by atoms with van der Waals surface area (Å²) in [7, 11) is 4.00. The summed E-state index contributed by atoms with van der Waals surface area (Å²) >= 11 is 0. The van der Waals surface area contributed by atoms with E-state index in [1.165, 1.54) is 5.56 Å². The van der Waals surface area contributed by atoms with E-state index in [-0.39, 0.29) is 6.04 Å². The van der Waals surface area contributed by atoms with Crippen LogP contribution in [0, 0.1) is 0 Å². The van der Waals surface area contributed by atoms with Crippen LogP contribution in [0.5, 0.6) is 0 Å². The van der Waals surface area contributed by atoms with Crippen molar-refractivity contribution in [3.05, 3.63) is 54.2 Å². The summed E-state index contributed by atoms with van der Waals surface area (Å²) in [6, 6.07) is 14.7. The monoisotopic (exact) mass is 241 g/mol. The summed E-state index contributed by atoms with van der Waals surface area (Å²) in [5.74, 6) is 0.959. The van der Waals surface area contributed by atoms with Gasteiger partial charge in [0.1, 0.15) is 0 Å². The standard InChI is InChI=1S/C15H19N3/c1-12(13-8-5-4-6-9-13)17-14-10-7-11-16-15(14)18(2)3/h4-12,17H,1-3H3. The summed E-state index contributed by atoms with van der Waals surface area (Å²) in [4.78, 5) is 6.40. The predicted molar refractivity (Wildman–Crippen MR) is 77.0 cm³/mol. The summed E-state index contributed by atoms with van der Waals surface area (Å²) in [6.45, 7) is 2.15. The van der Waals surface area contributed by atoms with Gasteiger partial charge in [0.15, 0.2) is 5.82 Å². The molecule has 0 aliphatic rings. The average Bonchev–Trinajstić information content (AvgIpc) is 2.40. The number of nitrogens with zero attached hydrogens (tertiary/aromatic N) is 2. The molecule has 3 heteroatoms. The van der Waals surface area contributed by atoms with Crippen molar-refractivity contribution in [1.29, 1.82) is 0 Å². The van der Waals surface area contributed by atoms with Crippen LogP contribution in [0.15, 0.2) is 48.7 Å². The van der Waals surface area contributed by atoms with Crippen LogP contribution in [0.2, 0.25) is 0 Å². The van der Waals surface area contributed by atoms with Crippen molar-refractivity contribution in [3.8, 4) is 0 Å². The van der Waals surface area contributed by atoms with E-state index in [1.807, 2.05) is 37.3 Å². The maximum absolute atomic E-state index is 4.39. The zero-order valence-electron chi connectivity index (χ0n) is 11.1. The van der Waals surface area contributed by atoms with Crippen molar-refractivity contribution in [2.24, 2.45) is 0 Å². The van der Waals surface area contributed by atoms with Gasteiger partial charge in [-0.15, -0.1) is 0 Å². The van der Waals surface area contributed by atoms with Gasteiger partial charge in [-0.2, -0.15) is 0 Å². The van der Waals surface area contributed by atoms with E-state index in [1.54, 1.807) is 0 Å². The first kappa shape index (κ1) is 12.4. The average molecular weight is 241 g/mol. The normalized spacial score (nSPS) is 11.9. The minimum atomic E-state index is 0.258. The summed E-state index contributed by atoms with van der Waals surface area (Å²) < 4.78 is 0. The van der Waals surface area contributed by atoms with E-state index in [9.17, 15) is 0 Å². The number of aromatic nitrogens is 1. The number of benzene rings is 1. The molecule has 0 saturated carbocycles. The van der Waals surface area contributed by atoms with Crippen LogP contribution in [0.25, 0.3) is 0 Å². The molecule has 0 radical (unpaired) electrons. The van der Waals surface area contributed by atoms with Gasteiger partial charge >= 0.3 is 0 Å². The second-order valence-electron chi connectivity index (χ2n) is 4.55. The molecule has 1 aromatic heterocycles. The van der Waals surface area contributed by atoms with Crippen molar-refractivity contribution >= 4 is 11.5 Å². The highest BCUT2D eigenvalue weighted by Gasteiger charge is 2.09. The lowest BCUT2D eigenvalue weighted by molar-refractivity contribution is 0.880. The molecule has 1 atom stereocenters. The lowest BCUT2D eigenvalue weighted by Gasteiger charge is -2.21. The molecule has 2 aromatic rings. The SMILES string of the molecule is CC(Nc1cccnc1N(C)C)c1ccccc1. The lowest BCUT2D eigenvalue weighted by atomic mass is 10.1. The molecule has 0 spiro atoms. The largest absolute Gasteiger partial charge is 0.376 e. The fourth-order valence-electron chi connectivity index (χ4n) is 1.92. The van der Waals surface area contributed by atoms with Crippen LogP contribution in [0.1, 0.15) is 18.5 Å². The van der Waals surface area contributed by atoms with Gasteiger partial charge in [-0.05, 0) is 24.6 Å². The van der Waals surface area contributed by atoms with Crippen LogP contribution in [-0.2, 0) is 0 Å². The number of hydrogen-bond acceptors (Lipinski definition) is 3. The Bertz CT molecular complexity index is 494. The molecule has 0 saturated heterocycles. The number of anilines is 2. The number of pyridine rings is 1. The van der Waals surface area contributed by atoms with Crippen LogP contribution in [0.4, 0.5) is 11.5 Å². The Balaban J connectivity index is 2.19. The van der Waals surface area contributed by atoms with E-state index in [2.05, 4.69) is 47.6 Å². The van der Waals surface area contributed by atoms with Crippen LogP contribution < -0.4 is 10.2 Å². The quantitative estimate of drug-likeness (QED) is 0.890. The molecule has 2 rings (SSSR count). The fraction of sp³-hybridized carbons (Fsp3) is 0.267. The van der Waals surface area contributed by atoms with E-state index in [4.69, 9.17) is 0 Å². The fourth-order valence-corrected chi connectivity index (χ4v) is 1.92. The zero-order chi connectivity index (χ0) is 13.0. The minimum absolute atomic E-state index is 0.258. The molecule has 1 N–H and O–H groups in total. The van der Waals surface area contributed by atoms with Gasteiger partial charge in [0.05, 0.1) is 5.69 Å². The Hall–Kier alpha value is -2.03. The van der Waals surface area contributed by atoms with Gasteiger partial charge < -0.3 is 10.2 Å². The first-order valence-corrected chi connectivity index (χ1v) is 6.12. The van der Waals surface area contributed by atoms with Gasteiger partial charge in [0.2, 0.25) is 0 Å². The third-order valence-corrected chi connectivity index (χ3v) is 2.88. The van der Waals surface area contributed by atoms with Gasteiger partial charge in [0.25, 0.3) is 0 Å². The van der Waals surface area contributed by atoms with Crippen molar-refractivity contribution in [1.82, 2.24) is 4.98 Å². The molecule has 0 aliphatic heterocycles. The smallest absolute Gasteiger partial charge is 0.151 e. The van der Waals surface area contributed by atoms with Gasteiger partial charge in [-0.3, -0.25) is 0 Å². The van der Waals surface area contributed by atoms with Crippen LogP contribution in [-0.4, -0.2) is 19.1 Å². The Morgan fingerprint density at radius 3 is 2.44 bits per heavy atom. The maximum Gasteiger partial charge on any atom is 0.151 e. The second-order valence-corrected chi connectivity index (χ2v) is 4.55. The number of nitrogens with one attached hydrogen (secondary N) is 1. The first-order chi connectivity index (χ1) is 8.68. The van der Waals surface area contributed by atoms with E-state index in [0.717, 1.165) is 11.5 Å². The first-order valence-electron chi connectivity index (χ1n) is 6.12. The van der Waals surface area contributed by atoms with Gasteiger partial charge in [0, 0.05) is 26.3 Å². The second kappa shape index (κ2) is 5.54. The van der Waals surface area contributed by atoms with E-state index < -0.39 is 0 Å². The molecular weight excluding hydrogens is 222 g/mol. The molecule has 0 aliphatic carbocycles. The molecule has 1 unspecified atom stereocenters. The topological polar surface area (TPSA) is 28.2 Å². The van der Waals surface area contributed by atoms with Crippen molar-refractivity contribution in [2.75, 3.05) is 24.3 Å². The zero-order valence-corrected chi connectivity index (χ0v) is 11.1. The molecule has 0 bridgehead atoms. The predicted octanol–water partition coefficient (Wildman–Crippen LogP) is 3.32. The Labute approximate surface area is 108 Å². The highest BCUT2D eigenvalue weighted by molar-refractivity contribution is 5.65. The highest BCUT2D eigenvalue weighted by atomic mass is 15.2. The van der Waals surface area contributed by atoms with Crippen LogP contribution in [0.3, 0.4) is 0 Å². The molecule has 94 valence electrons. The van der Waals surface area contributed by atoms with Gasteiger partial charge in [-0.25, -0.2) is 4.98 Å². The maximum atomic E-state index is 4.39. The van der Waals surface area contributed by atoms with Crippen molar-refractivity contribution < 1.29 is 0 Å². The molecule has 3 nitrogen and oxygen atoms in total. The molecular formula is C15H19N3. The molecule has 0 amide bonds. The Morgan fingerprint density at radius 1 is 1.06 bits per heavy atom. The Kier molecular flexibility index (Phi) is 3.82. The number of hydrogen-bond donors (Lipinski definition) is 1. The molecule has 0 fully saturated rings. The highest BCUT2D eigenvalue weighted by Crippen LogP contribution is 2.25. The summed E-state index contributed by atoms with van der Waals surface area (Å²) in [5.41, 5.74) is 2.32. The van der Waals surface area contributed by atoms with Crippen LogP contribution >= 0.6 is 0 Å². The van der Waals surface area contributed by atoms with Crippen molar-refractivity contribution in [2.45, 2.75) is 13.0 Å². The van der Waals surface area contributed by atoms with E-state index >= 15 is 0 Å². The molecule has 18 heavy (non-hydrogen) atoms. The minimum Gasteiger partial charge on any atom is -0.376 e. The third-order valence-electron chi connectivity index (χ3n) is 2.88.